The third-order valence-electron chi connectivity index (χ3n) is 6.73. The molecule has 2 aromatic rings. The van der Waals surface area contributed by atoms with E-state index in [0.717, 1.165) is 40.9 Å². The average molecular weight is 483 g/mol. The summed E-state index contributed by atoms with van der Waals surface area (Å²) in [5.41, 5.74) is 5.32. The summed E-state index contributed by atoms with van der Waals surface area (Å²) in [5.74, 6) is -0.529. The fraction of sp³-hybridized carbons (Fsp3) is 0.519. The normalized spacial score (nSPS) is 15.6. The van der Waals surface area contributed by atoms with Crippen molar-refractivity contribution in [2.24, 2.45) is 5.92 Å². The molecule has 0 aliphatic carbocycles. The molecule has 0 bridgehead atoms. The molecular weight excluding hydrogens is 444 g/mol. The van der Waals surface area contributed by atoms with Crippen LogP contribution < -0.4 is 10.2 Å². The van der Waals surface area contributed by atoms with Crippen molar-refractivity contribution in [1.82, 2.24) is 15.2 Å². The standard InChI is InChI=1S/C27H38N4O4/c1-6-35-27(34)25-18(2)23(19(3)29-25)13-14-24(32)31-15-7-8-21(17-31)26(33)28-16-20-9-11-22(12-10-20)30(4)5/h9-12,21,29H,6-8,13-17H2,1-5H3,(H,28,33)/t21-/m1/s1. The Hall–Kier alpha value is -3.29. The van der Waals surface area contributed by atoms with Crippen molar-refractivity contribution in [3.8, 4) is 0 Å². The first-order valence-electron chi connectivity index (χ1n) is 12.4. The molecule has 2 N–H and O–H groups in total. The molecule has 2 amide bonds. The van der Waals surface area contributed by atoms with Crippen LogP contribution in [0.4, 0.5) is 5.69 Å². The zero-order valence-corrected chi connectivity index (χ0v) is 21.6. The molecule has 2 heterocycles. The second-order valence-electron chi connectivity index (χ2n) is 9.41. The molecule has 0 radical (unpaired) electrons. The molecule has 1 fully saturated rings. The number of ether oxygens (including phenoxy) is 1. The molecule has 1 aliphatic rings. The fourth-order valence-corrected chi connectivity index (χ4v) is 4.62. The third kappa shape index (κ3) is 6.65. The highest BCUT2D eigenvalue weighted by molar-refractivity contribution is 5.90. The van der Waals surface area contributed by atoms with Crippen LogP contribution in [0, 0.1) is 19.8 Å². The number of aryl methyl sites for hydroxylation is 1. The van der Waals surface area contributed by atoms with Gasteiger partial charge in [0.25, 0.3) is 0 Å². The Morgan fingerprint density at radius 3 is 2.54 bits per heavy atom. The van der Waals surface area contributed by atoms with Gasteiger partial charge in [0, 0.05) is 51.5 Å². The van der Waals surface area contributed by atoms with E-state index in [0.29, 0.717) is 44.8 Å². The van der Waals surface area contributed by atoms with Crippen LogP contribution in [0.2, 0.25) is 0 Å². The largest absolute Gasteiger partial charge is 0.461 e. The highest BCUT2D eigenvalue weighted by Gasteiger charge is 2.28. The number of rotatable bonds is 9. The first kappa shape index (κ1) is 26.3. The van der Waals surface area contributed by atoms with Crippen molar-refractivity contribution in [3.05, 3.63) is 52.3 Å². The number of likely N-dealkylation sites (tertiary alicyclic amines) is 1. The van der Waals surface area contributed by atoms with Crippen LogP contribution in [-0.2, 0) is 27.3 Å². The number of benzene rings is 1. The maximum Gasteiger partial charge on any atom is 0.355 e. The first-order valence-corrected chi connectivity index (χ1v) is 12.4. The number of esters is 1. The molecule has 1 saturated heterocycles. The summed E-state index contributed by atoms with van der Waals surface area (Å²) >= 11 is 0. The molecular formula is C27H38N4O4. The number of carbonyl (C=O) groups excluding carboxylic acids is 3. The number of carbonyl (C=O) groups is 3. The van der Waals surface area contributed by atoms with Crippen LogP contribution in [0.15, 0.2) is 24.3 Å². The zero-order chi connectivity index (χ0) is 25.5. The summed E-state index contributed by atoms with van der Waals surface area (Å²) in [6, 6.07) is 8.10. The predicted octanol–water partition coefficient (Wildman–Crippen LogP) is 3.36. The number of H-pyrrole nitrogens is 1. The van der Waals surface area contributed by atoms with Crippen molar-refractivity contribution < 1.29 is 19.1 Å². The van der Waals surface area contributed by atoms with Gasteiger partial charge in [-0.05, 0) is 68.9 Å². The molecule has 0 unspecified atom stereocenters. The van der Waals surface area contributed by atoms with Crippen LogP contribution in [0.5, 0.6) is 0 Å². The fourth-order valence-electron chi connectivity index (χ4n) is 4.62. The van der Waals surface area contributed by atoms with E-state index in [1.54, 1.807) is 6.92 Å². The Balaban J connectivity index is 1.52. The van der Waals surface area contributed by atoms with Gasteiger partial charge in [-0.2, -0.15) is 0 Å². The summed E-state index contributed by atoms with van der Waals surface area (Å²) in [6.45, 7) is 7.48. The Morgan fingerprint density at radius 1 is 1.17 bits per heavy atom. The summed E-state index contributed by atoms with van der Waals surface area (Å²) < 4.78 is 5.11. The van der Waals surface area contributed by atoms with Gasteiger partial charge in [-0.1, -0.05) is 12.1 Å². The number of nitrogens with one attached hydrogen (secondary N) is 2. The van der Waals surface area contributed by atoms with E-state index in [1.807, 2.05) is 62.0 Å². The molecule has 3 rings (SSSR count). The lowest BCUT2D eigenvalue weighted by Crippen LogP contribution is -2.45. The Bertz CT molecular complexity index is 1040. The molecule has 1 aliphatic heterocycles. The number of anilines is 1. The summed E-state index contributed by atoms with van der Waals surface area (Å²) in [5, 5.41) is 3.03. The molecule has 1 aromatic heterocycles. The summed E-state index contributed by atoms with van der Waals surface area (Å²) in [7, 11) is 3.99. The lowest BCUT2D eigenvalue weighted by Gasteiger charge is -2.32. The first-order chi connectivity index (χ1) is 16.7. The summed E-state index contributed by atoms with van der Waals surface area (Å²) in [6.07, 6.45) is 2.49. The van der Waals surface area contributed by atoms with E-state index in [2.05, 4.69) is 10.3 Å². The van der Waals surface area contributed by atoms with Crippen molar-refractivity contribution in [2.45, 2.75) is 53.0 Å². The maximum absolute atomic E-state index is 13.0. The van der Waals surface area contributed by atoms with Gasteiger partial charge in [-0.25, -0.2) is 4.79 Å². The lowest BCUT2D eigenvalue weighted by atomic mass is 9.96. The van der Waals surface area contributed by atoms with E-state index in [4.69, 9.17) is 4.74 Å². The lowest BCUT2D eigenvalue weighted by molar-refractivity contribution is -0.135. The van der Waals surface area contributed by atoms with Gasteiger partial charge in [-0.15, -0.1) is 0 Å². The minimum absolute atomic E-state index is 0.00409. The Labute approximate surface area is 208 Å². The number of aromatic nitrogens is 1. The molecule has 8 nitrogen and oxygen atoms in total. The quantitative estimate of drug-likeness (QED) is 0.535. The zero-order valence-electron chi connectivity index (χ0n) is 21.6. The van der Waals surface area contributed by atoms with E-state index >= 15 is 0 Å². The molecule has 1 aromatic carbocycles. The van der Waals surface area contributed by atoms with Gasteiger partial charge in [0.2, 0.25) is 11.8 Å². The summed E-state index contributed by atoms with van der Waals surface area (Å²) in [4.78, 5) is 44.8. The Morgan fingerprint density at radius 2 is 1.89 bits per heavy atom. The molecule has 0 spiro atoms. The SMILES string of the molecule is CCOC(=O)c1[nH]c(C)c(CCC(=O)N2CCC[C@@H](C(=O)NCc3ccc(N(C)C)cc3)C2)c1C. The average Bonchev–Trinajstić information content (AvgIpc) is 3.14. The van der Waals surface area contributed by atoms with Crippen LogP contribution in [0.1, 0.15) is 59.1 Å². The van der Waals surface area contributed by atoms with Crippen molar-refractivity contribution >= 4 is 23.5 Å². The van der Waals surface area contributed by atoms with Gasteiger partial charge in [0.1, 0.15) is 5.69 Å². The van der Waals surface area contributed by atoms with E-state index in [1.165, 1.54) is 0 Å². The number of amides is 2. The minimum Gasteiger partial charge on any atom is -0.461 e. The van der Waals surface area contributed by atoms with Crippen LogP contribution in [0.3, 0.4) is 0 Å². The number of hydrogen-bond donors (Lipinski definition) is 2. The molecule has 0 saturated carbocycles. The van der Waals surface area contributed by atoms with Crippen molar-refractivity contribution in [1.29, 1.82) is 0 Å². The van der Waals surface area contributed by atoms with E-state index in [9.17, 15) is 14.4 Å². The molecule has 8 heteroatoms. The monoisotopic (exact) mass is 482 g/mol. The predicted molar refractivity (Wildman–Crippen MR) is 136 cm³/mol. The molecule has 1 atom stereocenters. The second-order valence-corrected chi connectivity index (χ2v) is 9.41. The van der Waals surface area contributed by atoms with Gasteiger partial charge in [0.05, 0.1) is 12.5 Å². The minimum atomic E-state index is -0.371. The van der Waals surface area contributed by atoms with Gasteiger partial charge < -0.3 is 24.8 Å². The van der Waals surface area contributed by atoms with Crippen LogP contribution in [0.25, 0.3) is 0 Å². The van der Waals surface area contributed by atoms with Gasteiger partial charge >= 0.3 is 5.97 Å². The number of nitrogens with zero attached hydrogens (tertiary/aromatic N) is 2. The maximum atomic E-state index is 13.0. The number of aromatic amines is 1. The van der Waals surface area contributed by atoms with Crippen LogP contribution >= 0.6 is 0 Å². The van der Waals surface area contributed by atoms with E-state index < -0.39 is 0 Å². The second kappa shape index (κ2) is 11.9. The molecule has 35 heavy (non-hydrogen) atoms. The van der Waals surface area contributed by atoms with Gasteiger partial charge in [-0.3, -0.25) is 9.59 Å². The number of piperidine rings is 1. The Kier molecular flexibility index (Phi) is 8.95. The van der Waals surface area contributed by atoms with E-state index in [-0.39, 0.29) is 23.7 Å². The molecule has 190 valence electrons. The third-order valence-corrected chi connectivity index (χ3v) is 6.73. The van der Waals surface area contributed by atoms with Crippen LogP contribution in [-0.4, -0.2) is 61.5 Å². The highest BCUT2D eigenvalue weighted by atomic mass is 16.5. The smallest absolute Gasteiger partial charge is 0.355 e. The highest BCUT2D eigenvalue weighted by Crippen LogP contribution is 2.22. The van der Waals surface area contributed by atoms with Crippen molar-refractivity contribution in [2.75, 3.05) is 38.7 Å². The number of hydrogen-bond acceptors (Lipinski definition) is 5. The topological polar surface area (TPSA) is 94.7 Å². The van der Waals surface area contributed by atoms with Crippen molar-refractivity contribution in [3.63, 3.8) is 0 Å². The van der Waals surface area contributed by atoms with Gasteiger partial charge in [0.15, 0.2) is 0 Å².